The summed E-state index contributed by atoms with van der Waals surface area (Å²) in [5.41, 5.74) is 1.70. The van der Waals surface area contributed by atoms with Gasteiger partial charge in [0.1, 0.15) is 11.6 Å². The molecule has 2 aromatic rings. The summed E-state index contributed by atoms with van der Waals surface area (Å²) in [7, 11) is 0. The van der Waals surface area contributed by atoms with Gasteiger partial charge in [-0.15, -0.1) is 0 Å². The number of carbonyl (C=O) groups excluding carboxylic acids is 1. The number of nitrogens with zero attached hydrogens (tertiary/aromatic N) is 1. The second kappa shape index (κ2) is 8.27. The molecule has 6 heteroatoms. The van der Waals surface area contributed by atoms with E-state index in [0.717, 1.165) is 37.8 Å². The number of piperidine rings is 2. The average Bonchev–Trinajstić information content (AvgIpc) is 2.66. The lowest BCUT2D eigenvalue weighted by molar-refractivity contribution is 0.0200. The van der Waals surface area contributed by atoms with Crippen LogP contribution in [0.5, 0.6) is 0 Å². The van der Waals surface area contributed by atoms with Gasteiger partial charge in [0, 0.05) is 30.4 Å². The Balaban J connectivity index is 1.35. The summed E-state index contributed by atoms with van der Waals surface area (Å²) in [6.07, 6.45) is 5.28. The molecule has 2 bridgehead atoms. The van der Waals surface area contributed by atoms with Crippen LogP contribution in [0, 0.1) is 11.6 Å². The van der Waals surface area contributed by atoms with Crippen LogP contribution in [0.2, 0.25) is 0 Å². The first-order chi connectivity index (χ1) is 13.6. The van der Waals surface area contributed by atoms with Crippen molar-refractivity contribution in [2.24, 2.45) is 0 Å². The van der Waals surface area contributed by atoms with Crippen molar-refractivity contribution in [1.29, 1.82) is 0 Å². The van der Waals surface area contributed by atoms with Crippen LogP contribution in [0.25, 0.3) is 0 Å². The van der Waals surface area contributed by atoms with Crippen LogP contribution >= 0.6 is 0 Å². The number of urea groups is 1. The fourth-order valence-electron chi connectivity index (χ4n) is 4.54. The van der Waals surface area contributed by atoms with Crippen molar-refractivity contribution >= 4 is 11.7 Å². The molecular weight excluding hydrogens is 360 g/mol. The minimum Gasteiger partial charge on any atom is -0.335 e. The molecule has 0 radical (unpaired) electrons. The first-order valence-corrected chi connectivity index (χ1v) is 9.90. The molecule has 4 rings (SSSR count). The van der Waals surface area contributed by atoms with Gasteiger partial charge in [0.2, 0.25) is 0 Å². The van der Waals surface area contributed by atoms with Crippen LogP contribution in [0.4, 0.5) is 19.3 Å². The number of fused-ring (bicyclic) bond motifs is 2. The van der Waals surface area contributed by atoms with Gasteiger partial charge < -0.3 is 10.6 Å². The molecule has 3 atom stereocenters. The Morgan fingerprint density at radius 3 is 2.11 bits per heavy atom. The number of halogens is 2. The third kappa shape index (κ3) is 4.50. The zero-order chi connectivity index (χ0) is 19.5. The summed E-state index contributed by atoms with van der Waals surface area (Å²) in [6.45, 7) is 0.824. The molecule has 0 aliphatic carbocycles. The Bertz CT molecular complexity index is 796. The van der Waals surface area contributed by atoms with Crippen molar-refractivity contribution in [2.45, 2.75) is 56.8 Å². The van der Waals surface area contributed by atoms with E-state index in [0.29, 0.717) is 17.8 Å². The van der Waals surface area contributed by atoms with Crippen molar-refractivity contribution in [1.82, 2.24) is 10.2 Å². The molecule has 2 aliphatic heterocycles. The molecular formula is C22H25F2N3O. The molecule has 28 heavy (non-hydrogen) atoms. The number of hydrogen-bond acceptors (Lipinski definition) is 2. The summed E-state index contributed by atoms with van der Waals surface area (Å²) in [5.74, 6) is -0.536. The predicted octanol–water partition coefficient (Wildman–Crippen LogP) is 4.67. The Morgan fingerprint density at radius 2 is 1.50 bits per heavy atom. The predicted molar refractivity (Wildman–Crippen MR) is 105 cm³/mol. The van der Waals surface area contributed by atoms with E-state index < -0.39 is 0 Å². The zero-order valence-corrected chi connectivity index (χ0v) is 15.7. The van der Waals surface area contributed by atoms with E-state index in [2.05, 4.69) is 15.5 Å². The maximum Gasteiger partial charge on any atom is 0.319 e. The summed E-state index contributed by atoms with van der Waals surface area (Å²) >= 11 is 0. The lowest BCUT2D eigenvalue weighted by Gasteiger charge is -2.49. The Kier molecular flexibility index (Phi) is 5.57. The van der Waals surface area contributed by atoms with E-state index in [1.165, 1.54) is 30.7 Å². The number of rotatable bonds is 4. The highest BCUT2D eigenvalue weighted by Crippen LogP contribution is 2.35. The van der Waals surface area contributed by atoms with Gasteiger partial charge in [-0.2, -0.15) is 0 Å². The van der Waals surface area contributed by atoms with Crippen LogP contribution in [0.3, 0.4) is 0 Å². The second-order valence-electron chi connectivity index (χ2n) is 7.81. The summed E-state index contributed by atoms with van der Waals surface area (Å²) in [5, 5.41) is 5.86. The van der Waals surface area contributed by atoms with Gasteiger partial charge in [0.15, 0.2) is 0 Å². The first-order valence-electron chi connectivity index (χ1n) is 9.90. The second-order valence-corrected chi connectivity index (χ2v) is 7.81. The number of carbonyl (C=O) groups is 1. The number of nitrogens with one attached hydrogen (secondary N) is 2. The number of anilines is 1. The average molecular weight is 385 g/mol. The van der Waals surface area contributed by atoms with Gasteiger partial charge in [-0.25, -0.2) is 13.6 Å². The quantitative estimate of drug-likeness (QED) is 0.803. The van der Waals surface area contributed by atoms with Gasteiger partial charge in [-0.1, -0.05) is 18.6 Å². The van der Waals surface area contributed by atoms with Crippen LogP contribution in [0.1, 0.15) is 37.7 Å². The lowest BCUT2D eigenvalue weighted by atomic mass is 9.81. The molecule has 2 N–H and O–H groups in total. The van der Waals surface area contributed by atoms with Crippen molar-refractivity contribution < 1.29 is 13.6 Å². The highest BCUT2D eigenvalue weighted by molar-refractivity contribution is 5.89. The molecule has 2 aromatic carbocycles. The number of hydrogen-bond donors (Lipinski definition) is 2. The SMILES string of the molecule is O=C(Nc1ccc(F)cc1)NC1C[C@H]2CCC[C@@H](C1)N2Cc1ccc(F)cc1. The van der Waals surface area contributed by atoms with Crippen molar-refractivity contribution in [2.75, 3.05) is 5.32 Å². The normalized spacial score (nSPS) is 24.6. The Morgan fingerprint density at radius 1 is 0.929 bits per heavy atom. The zero-order valence-electron chi connectivity index (χ0n) is 15.7. The molecule has 2 aliphatic rings. The molecule has 148 valence electrons. The summed E-state index contributed by atoms with van der Waals surface area (Å²) < 4.78 is 26.2. The Hall–Kier alpha value is -2.47. The van der Waals surface area contributed by atoms with Crippen molar-refractivity contribution in [3.63, 3.8) is 0 Å². The molecule has 2 heterocycles. The van der Waals surface area contributed by atoms with E-state index >= 15 is 0 Å². The molecule has 2 fully saturated rings. The van der Waals surface area contributed by atoms with Gasteiger partial charge in [0.25, 0.3) is 0 Å². The monoisotopic (exact) mass is 385 g/mol. The maximum absolute atomic E-state index is 13.2. The molecule has 1 unspecified atom stereocenters. The number of benzene rings is 2. The van der Waals surface area contributed by atoms with Gasteiger partial charge in [0.05, 0.1) is 0 Å². The van der Waals surface area contributed by atoms with E-state index in [4.69, 9.17) is 0 Å². The fourth-order valence-corrected chi connectivity index (χ4v) is 4.54. The minimum atomic E-state index is -0.327. The number of amides is 2. The topological polar surface area (TPSA) is 44.4 Å². The summed E-state index contributed by atoms with van der Waals surface area (Å²) in [4.78, 5) is 14.8. The standard InChI is InChI=1S/C22H25F2N3O/c23-16-6-4-15(5-7-16)14-27-20-2-1-3-21(27)13-19(12-20)26-22(28)25-18-10-8-17(24)9-11-18/h4-11,19-21H,1-3,12-14H2,(H2,25,26,28)/t19?,20-,21+. The molecule has 0 saturated carbocycles. The van der Waals surface area contributed by atoms with Crippen molar-refractivity contribution in [3.05, 3.63) is 65.7 Å². The molecule has 0 aromatic heterocycles. The first kappa shape index (κ1) is 18.9. The minimum absolute atomic E-state index is 0.125. The summed E-state index contributed by atoms with van der Waals surface area (Å²) in [6, 6.07) is 13.2. The van der Waals surface area contributed by atoms with E-state index in [1.807, 2.05) is 12.1 Å². The van der Waals surface area contributed by atoms with Crippen LogP contribution in [0.15, 0.2) is 48.5 Å². The smallest absolute Gasteiger partial charge is 0.319 e. The van der Waals surface area contributed by atoms with Crippen molar-refractivity contribution in [3.8, 4) is 0 Å². The van der Waals surface area contributed by atoms with Crippen LogP contribution in [-0.4, -0.2) is 29.1 Å². The Labute approximate surface area is 163 Å². The van der Waals surface area contributed by atoms with Crippen LogP contribution < -0.4 is 10.6 Å². The van der Waals surface area contributed by atoms with E-state index in [1.54, 1.807) is 12.1 Å². The highest BCUT2D eigenvalue weighted by atomic mass is 19.1. The van der Waals surface area contributed by atoms with Gasteiger partial charge >= 0.3 is 6.03 Å². The lowest BCUT2D eigenvalue weighted by Crippen LogP contribution is -2.56. The maximum atomic E-state index is 13.2. The molecule has 2 amide bonds. The highest BCUT2D eigenvalue weighted by Gasteiger charge is 2.38. The molecule has 0 spiro atoms. The fraction of sp³-hybridized carbons (Fsp3) is 0.409. The van der Waals surface area contributed by atoms with Crippen LogP contribution in [-0.2, 0) is 6.54 Å². The molecule has 2 saturated heterocycles. The van der Waals surface area contributed by atoms with Gasteiger partial charge in [-0.05, 0) is 67.6 Å². The largest absolute Gasteiger partial charge is 0.335 e. The van der Waals surface area contributed by atoms with Gasteiger partial charge in [-0.3, -0.25) is 4.90 Å². The molecule has 4 nitrogen and oxygen atoms in total. The third-order valence-electron chi connectivity index (χ3n) is 5.84. The third-order valence-corrected chi connectivity index (χ3v) is 5.84. The van der Waals surface area contributed by atoms with E-state index in [9.17, 15) is 13.6 Å². The van der Waals surface area contributed by atoms with E-state index in [-0.39, 0.29) is 23.7 Å².